The largest absolute Gasteiger partial charge is 0.327 e. The van der Waals surface area contributed by atoms with Crippen LogP contribution < -0.4 is 0 Å². The summed E-state index contributed by atoms with van der Waals surface area (Å²) in [6, 6.07) is 16.0. The number of likely N-dealkylation sites (tertiary alicyclic amines) is 1. The summed E-state index contributed by atoms with van der Waals surface area (Å²) in [4.78, 5) is 6.97. The van der Waals surface area contributed by atoms with Gasteiger partial charge in [-0.2, -0.15) is 0 Å². The molecule has 3 aromatic rings. The molecule has 1 fully saturated rings. The molecule has 4 heteroatoms. The van der Waals surface area contributed by atoms with Crippen LogP contribution in [0.2, 0.25) is 0 Å². The summed E-state index contributed by atoms with van der Waals surface area (Å²) in [5, 5.41) is 0. The third-order valence-electron chi connectivity index (χ3n) is 5.27. The van der Waals surface area contributed by atoms with Gasteiger partial charge >= 0.3 is 0 Å². The monoisotopic (exact) mass is 337 g/mol. The second-order valence-electron chi connectivity index (χ2n) is 6.95. The number of benzene rings is 2. The maximum Gasteiger partial charge on any atom is 0.125 e. The average molecular weight is 337 g/mol. The van der Waals surface area contributed by atoms with Crippen LogP contribution >= 0.6 is 0 Å². The highest BCUT2D eigenvalue weighted by Crippen LogP contribution is 2.27. The van der Waals surface area contributed by atoms with Gasteiger partial charge in [0.1, 0.15) is 5.82 Å². The topological polar surface area (TPSA) is 21.1 Å². The van der Waals surface area contributed by atoms with Crippen LogP contribution in [0.4, 0.5) is 4.39 Å². The Balaban J connectivity index is 1.31. The van der Waals surface area contributed by atoms with Gasteiger partial charge in [0.15, 0.2) is 0 Å². The zero-order chi connectivity index (χ0) is 17.1. The van der Waals surface area contributed by atoms with Crippen molar-refractivity contribution in [3.8, 4) is 0 Å². The van der Waals surface area contributed by atoms with Gasteiger partial charge in [-0.25, -0.2) is 9.37 Å². The van der Waals surface area contributed by atoms with E-state index in [0.29, 0.717) is 6.04 Å². The van der Waals surface area contributed by atoms with Crippen molar-refractivity contribution in [3.05, 3.63) is 66.2 Å². The third-order valence-corrected chi connectivity index (χ3v) is 5.27. The van der Waals surface area contributed by atoms with E-state index >= 15 is 0 Å². The molecule has 2 aromatic carbocycles. The van der Waals surface area contributed by atoms with Crippen LogP contribution in [-0.4, -0.2) is 34.1 Å². The Morgan fingerprint density at radius 3 is 2.64 bits per heavy atom. The molecule has 25 heavy (non-hydrogen) atoms. The number of nitrogens with zero attached hydrogens (tertiary/aromatic N) is 3. The number of piperidine rings is 1. The molecule has 2 heterocycles. The Kier molecular flexibility index (Phi) is 4.79. The van der Waals surface area contributed by atoms with E-state index in [1.807, 2.05) is 6.33 Å². The molecule has 0 saturated carbocycles. The van der Waals surface area contributed by atoms with Crippen LogP contribution in [0.25, 0.3) is 11.0 Å². The number of aryl methyl sites for hydroxylation is 1. The fourth-order valence-electron chi connectivity index (χ4n) is 3.86. The number of hydrogen-bond donors (Lipinski definition) is 0. The van der Waals surface area contributed by atoms with Gasteiger partial charge in [0, 0.05) is 19.1 Å². The standard InChI is InChI=1S/C21H24FN3/c22-18-8-9-20-21(15-18)25(16-23-20)19-10-13-24(14-11-19)12-4-7-17-5-2-1-3-6-17/h1-3,5-6,8-9,15-16,19H,4,7,10-14H2. The highest BCUT2D eigenvalue weighted by atomic mass is 19.1. The first kappa shape index (κ1) is 16.3. The molecule has 1 aliphatic heterocycles. The van der Waals surface area contributed by atoms with Gasteiger partial charge < -0.3 is 9.47 Å². The smallest absolute Gasteiger partial charge is 0.125 e. The molecule has 130 valence electrons. The molecule has 0 unspecified atom stereocenters. The summed E-state index contributed by atoms with van der Waals surface area (Å²) >= 11 is 0. The average Bonchev–Trinajstić information content (AvgIpc) is 3.06. The first-order valence-electron chi connectivity index (χ1n) is 9.18. The Morgan fingerprint density at radius 2 is 1.84 bits per heavy atom. The Morgan fingerprint density at radius 1 is 1.04 bits per heavy atom. The van der Waals surface area contributed by atoms with E-state index in [4.69, 9.17) is 0 Å². The molecule has 1 saturated heterocycles. The van der Waals surface area contributed by atoms with E-state index in [1.54, 1.807) is 12.1 Å². The highest BCUT2D eigenvalue weighted by Gasteiger charge is 2.21. The highest BCUT2D eigenvalue weighted by molar-refractivity contribution is 5.75. The van der Waals surface area contributed by atoms with Crippen molar-refractivity contribution < 1.29 is 4.39 Å². The van der Waals surface area contributed by atoms with Crippen LogP contribution in [0, 0.1) is 5.82 Å². The number of fused-ring (bicyclic) bond motifs is 1. The van der Waals surface area contributed by atoms with Gasteiger partial charge in [-0.3, -0.25) is 0 Å². The predicted molar refractivity (Wildman–Crippen MR) is 99.2 cm³/mol. The lowest BCUT2D eigenvalue weighted by Gasteiger charge is -2.32. The molecular weight excluding hydrogens is 313 g/mol. The summed E-state index contributed by atoms with van der Waals surface area (Å²) in [5.41, 5.74) is 3.22. The molecule has 3 nitrogen and oxygen atoms in total. The van der Waals surface area contributed by atoms with Crippen LogP contribution in [0.1, 0.15) is 30.9 Å². The minimum absolute atomic E-state index is 0.187. The molecule has 1 aromatic heterocycles. The molecule has 1 aliphatic rings. The van der Waals surface area contributed by atoms with Crippen LogP contribution in [0.5, 0.6) is 0 Å². The molecule has 4 rings (SSSR count). The maximum absolute atomic E-state index is 13.6. The van der Waals surface area contributed by atoms with Crippen molar-refractivity contribution in [1.82, 2.24) is 14.5 Å². The SMILES string of the molecule is Fc1ccc2ncn(C3CCN(CCCc4ccccc4)CC3)c2c1. The summed E-state index contributed by atoms with van der Waals surface area (Å²) in [7, 11) is 0. The molecule has 0 spiro atoms. The second kappa shape index (κ2) is 7.36. The van der Waals surface area contributed by atoms with E-state index in [9.17, 15) is 4.39 Å². The zero-order valence-corrected chi connectivity index (χ0v) is 14.4. The van der Waals surface area contributed by atoms with Crippen LogP contribution in [-0.2, 0) is 6.42 Å². The lowest BCUT2D eigenvalue weighted by Crippen LogP contribution is -2.35. The van der Waals surface area contributed by atoms with Crippen LogP contribution in [0.3, 0.4) is 0 Å². The Hall–Kier alpha value is -2.20. The summed E-state index contributed by atoms with van der Waals surface area (Å²) < 4.78 is 15.7. The Bertz CT molecular complexity index is 820. The quantitative estimate of drug-likeness (QED) is 0.686. The zero-order valence-electron chi connectivity index (χ0n) is 14.4. The molecule has 0 aliphatic carbocycles. The fourth-order valence-corrected chi connectivity index (χ4v) is 3.86. The van der Waals surface area contributed by atoms with Gasteiger partial charge in [-0.1, -0.05) is 30.3 Å². The van der Waals surface area contributed by atoms with E-state index in [2.05, 4.69) is 44.8 Å². The Labute approximate surface area is 148 Å². The lowest BCUT2D eigenvalue weighted by atomic mass is 10.0. The number of rotatable bonds is 5. The predicted octanol–water partition coefficient (Wildman–Crippen LogP) is 4.45. The minimum Gasteiger partial charge on any atom is -0.327 e. The van der Waals surface area contributed by atoms with E-state index in [-0.39, 0.29) is 5.82 Å². The van der Waals surface area contributed by atoms with Gasteiger partial charge in [0.2, 0.25) is 0 Å². The van der Waals surface area contributed by atoms with E-state index < -0.39 is 0 Å². The summed E-state index contributed by atoms with van der Waals surface area (Å²) in [5.74, 6) is -0.187. The normalized spacial score (nSPS) is 16.5. The molecule has 0 N–H and O–H groups in total. The summed E-state index contributed by atoms with van der Waals surface area (Å²) in [6.45, 7) is 3.36. The number of halogens is 1. The van der Waals surface area contributed by atoms with Crippen molar-refractivity contribution in [2.45, 2.75) is 31.7 Å². The first-order chi connectivity index (χ1) is 12.3. The van der Waals surface area contributed by atoms with Crippen molar-refractivity contribution in [2.24, 2.45) is 0 Å². The van der Waals surface area contributed by atoms with Crippen molar-refractivity contribution in [2.75, 3.05) is 19.6 Å². The van der Waals surface area contributed by atoms with Crippen LogP contribution in [0.15, 0.2) is 54.9 Å². The third kappa shape index (κ3) is 3.74. The van der Waals surface area contributed by atoms with Gasteiger partial charge in [-0.05, 0) is 56.0 Å². The van der Waals surface area contributed by atoms with Crippen molar-refractivity contribution in [3.63, 3.8) is 0 Å². The molecule has 0 amide bonds. The number of hydrogen-bond acceptors (Lipinski definition) is 2. The minimum atomic E-state index is -0.187. The van der Waals surface area contributed by atoms with Gasteiger partial charge in [-0.15, -0.1) is 0 Å². The molecular formula is C21H24FN3. The molecule has 0 atom stereocenters. The van der Waals surface area contributed by atoms with Gasteiger partial charge in [0.25, 0.3) is 0 Å². The number of aromatic nitrogens is 2. The summed E-state index contributed by atoms with van der Waals surface area (Å²) in [6.07, 6.45) is 6.43. The number of imidazole rings is 1. The van der Waals surface area contributed by atoms with Crippen molar-refractivity contribution >= 4 is 11.0 Å². The second-order valence-corrected chi connectivity index (χ2v) is 6.95. The van der Waals surface area contributed by atoms with E-state index in [1.165, 1.54) is 18.1 Å². The van der Waals surface area contributed by atoms with Gasteiger partial charge in [0.05, 0.1) is 17.4 Å². The molecule has 0 bridgehead atoms. The lowest BCUT2D eigenvalue weighted by molar-refractivity contribution is 0.186. The van der Waals surface area contributed by atoms with Crippen molar-refractivity contribution in [1.29, 1.82) is 0 Å². The van der Waals surface area contributed by atoms with E-state index in [0.717, 1.165) is 49.9 Å². The molecule has 0 radical (unpaired) electrons. The first-order valence-corrected chi connectivity index (χ1v) is 9.18. The fraction of sp³-hybridized carbons (Fsp3) is 0.381. The maximum atomic E-state index is 13.6.